The summed E-state index contributed by atoms with van der Waals surface area (Å²) in [5.41, 5.74) is 2.24. The molecule has 0 aromatic rings. The smallest absolute Gasteiger partial charge is 0.207 e. The van der Waals surface area contributed by atoms with Gasteiger partial charge >= 0.3 is 0 Å². The first-order valence-electron chi connectivity index (χ1n) is 4.50. The lowest BCUT2D eigenvalue weighted by Crippen LogP contribution is -2.32. The first kappa shape index (κ1) is 9.78. The summed E-state index contributed by atoms with van der Waals surface area (Å²) in [5, 5.41) is 2.79. The van der Waals surface area contributed by atoms with E-state index in [0.29, 0.717) is 0 Å². The minimum absolute atomic E-state index is 0.136. The fourth-order valence-electron chi connectivity index (χ4n) is 1.68. The molecule has 1 aliphatic carbocycles. The molecule has 1 atom stereocenters. The van der Waals surface area contributed by atoms with Crippen molar-refractivity contribution in [3.05, 3.63) is 36.5 Å². The molecule has 0 heterocycles. The molecule has 1 N–H and O–H groups in total. The number of carbonyl (C=O) groups is 1. The van der Waals surface area contributed by atoms with E-state index in [4.69, 9.17) is 0 Å². The lowest BCUT2D eigenvalue weighted by atomic mass is 9.86. The summed E-state index contributed by atoms with van der Waals surface area (Å²) >= 11 is 0. The van der Waals surface area contributed by atoms with Crippen molar-refractivity contribution in [2.24, 2.45) is 0 Å². The Bertz CT molecular complexity index is 253. The van der Waals surface area contributed by atoms with Gasteiger partial charge in [0.25, 0.3) is 0 Å². The molecule has 0 bridgehead atoms. The van der Waals surface area contributed by atoms with E-state index in [-0.39, 0.29) is 6.04 Å². The highest BCUT2D eigenvalue weighted by Gasteiger charge is 2.19. The lowest BCUT2D eigenvalue weighted by Gasteiger charge is -2.26. The van der Waals surface area contributed by atoms with Crippen molar-refractivity contribution in [3.8, 4) is 0 Å². The van der Waals surface area contributed by atoms with Crippen LogP contribution in [0.3, 0.4) is 0 Å². The van der Waals surface area contributed by atoms with Crippen LogP contribution in [0.4, 0.5) is 0 Å². The highest BCUT2D eigenvalue weighted by atomic mass is 16.1. The van der Waals surface area contributed by atoms with Gasteiger partial charge in [-0.3, -0.25) is 4.79 Å². The topological polar surface area (TPSA) is 29.1 Å². The quantitative estimate of drug-likeness (QED) is 0.656. The Labute approximate surface area is 79.0 Å². The maximum atomic E-state index is 10.3. The van der Waals surface area contributed by atoms with Crippen LogP contribution in [0.25, 0.3) is 0 Å². The van der Waals surface area contributed by atoms with Gasteiger partial charge in [0, 0.05) is 0 Å². The Morgan fingerprint density at radius 2 is 2.31 bits per heavy atom. The van der Waals surface area contributed by atoms with E-state index >= 15 is 0 Å². The summed E-state index contributed by atoms with van der Waals surface area (Å²) in [6.07, 6.45) is 7.54. The molecule has 1 fully saturated rings. The zero-order valence-electron chi connectivity index (χ0n) is 7.75. The highest BCUT2D eigenvalue weighted by molar-refractivity contribution is 5.50. The zero-order valence-corrected chi connectivity index (χ0v) is 7.75. The number of carbonyl (C=O) groups excluding carboxylic acids is 1. The zero-order chi connectivity index (χ0) is 9.68. The molecular weight excluding hydrogens is 162 g/mol. The number of rotatable bonds is 3. The molecule has 0 radical (unpaired) electrons. The van der Waals surface area contributed by atoms with Gasteiger partial charge in [-0.25, -0.2) is 0 Å². The van der Waals surface area contributed by atoms with Crippen LogP contribution in [0.5, 0.6) is 0 Å². The molecule has 0 aromatic carbocycles. The maximum absolute atomic E-state index is 10.3. The largest absolute Gasteiger partial charge is 0.352 e. The third-order valence-corrected chi connectivity index (χ3v) is 2.32. The van der Waals surface area contributed by atoms with Gasteiger partial charge in [-0.2, -0.15) is 0 Å². The Balaban J connectivity index is 2.79. The molecular formula is C11H15NO. The summed E-state index contributed by atoms with van der Waals surface area (Å²) in [7, 11) is 0. The molecule has 70 valence electrons. The van der Waals surface area contributed by atoms with Crippen molar-refractivity contribution in [1.82, 2.24) is 5.32 Å². The lowest BCUT2D eigenvalue weighted by molar-refractivity contribution is -0.110. The van der Waals surface area contributed by atoms with Crippen LogP contribution >= 0.6 is 0 Å². The molecule has 0 spiro atoms. The summed E-state index contributed by atoms with van der Waals surface area (Å²) < 4.78 is 0. The van der Waals surface area contributed by atoms with Crippen LogP contribution in [0.15, 0.2) is 36.5 Å². The number of nitrogens with one attached hydrogen (secondary N) is 1. The average Bonchev–Trinajstić information content (AvgIpc) is 2.11. The average molecular weight is 177 g/mol. The molecule has 1 rings (SSSR count). The second-order valence-corrected chi connectivity index (χ2v) is 3.19. The van der Waals surface area contributed by atoms with E-state index in [1.54, 1.807) is 6.08 Å². The van der Waals surface area contributed by atoms with E-state index in [0.717, 1.165) is 36.8 Å². The number of allylic oxidation sites excluding steroid dienone is 2. The van der Waals surface area contributed by atoms with E-state index in [1.807, 2.05) is 6.08 Å². The monoisotopic (exact) mass is 177 g/mol. The molecule has 0 unspecified atom stereocenters. The van der Waals surface area contributed by atoms with E-state index < -0.39 is 0 Å². The van der Waals surface area contributed by atoms with Gasteiger partial charge in [-0.15, -0.1) is 0 Å². The number of hydrogen-bond acceptors (Lipinski definition) is 1. The third kappa shape index (κ3) is 2.31. The fraction of sp³-hybridized carbons (Fsp3) is 0.364. The maximum Gasteiger partial charge on any atom is 0.207 e. The fourth-order valence-corrected chi connectivity index (χ4v) is 1.68. The predicted molar refractivity (Wildman–Crippen MR) is 54.3 cm³/mol. The Hall–Kier alpha value is -1.31. The number of amides is 1. The van der Waals surface area contributed by atoms with Gasteiger partial charge in [-0.05, 0) is 30.4 Å². The van der Waals surface area contributed by atoms with Crippen LogP contribution in [0.1, 0.15) is 19.3 Å². The molecule has 0 aromatic heterocycles. The van der Waals surface area contributed by atoms with Gasteiger partial charge in [0.1, 0.15) is 0 Å². The Morgan fingerprint density at radius 1 is 1.54 bits per heavy atom. The normalized spacial score (nSPS) is 25.7. The molecule has 2 nitrogen and oxygen atoms in total. The van der Waals surface area contributed by atoms with Gasteiger partial charge in [0.05, 0.1) is 6.04 Å². The van der Waals surface area contributed by atoms with Crippen molar-refractivity contribution in [1.29, 1.82) is 0 Å². The van der Waals surface area contributed by atoms with Gasteiger partial charge in [0.15, 0.2) is 0 Å². The molecule has 0 saturated heterocycles. The highest BCUT2D eigenvalue weighted by Crippen LogP contribution is 2.27. The minimum Gasteiger partial charge on any atom is -0.352 e. The molecule has 0 aliphatic heterocycles. The minimum atomic E-state index is 0.136. The second-order valence-electron chi connectivity index (χ2n) is 3.19. The standard InChI is InChI=1S/C11H15NO/c1-3-5-10-9(2)6-4-7-11(10)12-8-13/h3,5,8,11H,1-2,4,6-7H2,(H,12,13)/b10-5+/t11-/m1/s1. The van der Waals surface area contributed by atoms with Crippen molar-refractivity contribution >= 4 is 6.41 Å². The van der Waals surface area contributed by atoms with Crippen LogP contribution in [0.2, 0.25) is 0 Å². The molecule has 1 aliphatic rings. The van der Waals surface area contributed by atoms with Crippen LogP contribution in [-0.2, 0) is 4.79 Å². The van der Waals surface area contributed by atoms with Crippen molar-refractivity contribution in [3.63, 3.8) is 0 Å². The molecule has 13 heavy (non-hydrogen) atoms. The third-order valence-electron chi connectivity index (χ3n) is 2.32. The first-order valence-corrected chi connectivity index (χ1v) is 4.50. The van der Waals surface area contributed by atoms with Crippen LogP contribution < -0.4 is 5.32 Å². The van der Waals surface area contributed by atoms with Crippen LogP contribution in [-0.4, -0.2) is 12.5 Å². The van der Waals surface area contributed by atoms with Crippen LogP contribution in [0, 0.1) is 0 Å². The van der Waals surface area contributed by atoms with E-state index in [9.17, 15) is 4.79 Å². The summed E-state index contributed by atoms with van der Waals surface area (Å²) in [5.74, 6) is 0. The SMILES string of the molecule is C=C/C=C1\C(=C)CCC[C@H]1NC=O. The van der Waals surface area contributed by atoms with Crippen molar-refractivity contribution in [2.75, 3.05) is 0 Å². The van der Waals surface area contributed by atoms with E-state index in [2.05, 4.69) is 18.5 Å². The number of hydrogen-bond donors (Lipinski definition) is 1. The van der Waals surface area contributed by atoms with Gasteiger partial charge in [0.2, 0.25) is 6.41 Å². The summed E-state index contributed by atoms with van der Waals surface area (Å²) in [4.78, 5) is 10.3. The van der Waals surface area contributed by atoms with Crippen molar-refractivity contribution in [2.45, 2.75) is 25.3 Å². The summed E-state index contributed by atoms with van der Waals surface area (Å²) in [6.45, 7) is 7.62. The van der Waals surface area contributed by atoms with Gasteiger partial charge in [-0.1, -0.05) is 25.3 Å². The van der Waals surface area contributed by atoms with E-state index in [1.165, 1.54) is 0 Å². The Morgan fingerprint density at radius 3 is 2.92 bits per heavy atom. The predicted octanol–water partition coefficient (Wildman–Crippen LogP) is 1.95. The second kappa shape index (κ2) is 4.65. The molecule has 2 heteroatoms. The molecule has 1 saturated carbocycles. The first-order chi connectivity index (χ1) is 6.29. The van der Waals surface area contributed by atoms with Crippen molar-refractivity contribution < 1.29 is 4.79 Å². The Kier molecular flexibility index (Phi) is 3.50. The van der Waals surface area contributed by atoms with Gasteiger partial charge < -0.3 is 5.32 Å². The summed E-state index contributed by atoms with van der Waals surface area (Å²) in [6, 6.07) is 0.136. The molecule has 1 amide bonds.